The lowest BCUT2D eigenvalue weighted by molar-refractivity contribution is 0.425. The van der Waals surface area contributed by atoms with Crippen molar-refractivity contribution in [3.05, 3.63) is 22.3 Å². The molecule has 16 heavy (non-hydrogen) atoms. The Bertz CT molecular complexity index is 386. The Morgan fingerprint density at radius 2 is 2.25 bits per heavy atom. The molecule has 0 radical (unpaired) electrons. The zero-order valence-electron chi connectivity index (χ0n) is 9.71. The molecule has 4 nitrogen and oxygen atoms in total. The molecule has 0 spiro atoms. The maximum atomic E-state index is 8.84. The van der Waals surface area contributed by atoms with E-state index in [-0.39, 0.29) is 5.15 Å². The number of halogens is 1. The van der Waals surface area contributed by atoms with Crippen LogP contribution in [0.25, 0.3) is 0 Å². The molecule has 0 amide bonds. The van der Waals surface area contributed by atoms with E-state index in [9.17, 15) is 0 Å². The molecule has 5 heteroatoms. The van der Waals surface area contributed by atoms with Crippen LogP contribution >= 0.6 is 11.6 Å². The van der Waals surface area contributed by atoms with E-state index in [1.807, 2.05) is 33.2 Å². The van der Waals surface area contributed by atoms with Crippen molar-refractivity contribution in [1.29, 1.82) is 5.26 Å². The van der Waals surface area contributed by atoms with Gasteiger partial charge in [0.1, 0.15) is 17.0 Å². The van der Waals surface area contributed by atoms with Gasteiger partial charge in [-0.2, -0.15) is 5.26 Å². The predicted octanol–water partition coefficient (Wildman–Crippen LogP) is 1.89. The second-order valence-electron chi connectivity index (χ2n) is 3.83. The van der Waals surface area contributed by atoms with Gasteiger partial charge in [0.2, 0.25) is 0 Å². The van der Waals surface area contributed by atoms with E-state index in [0.29, 0.717) is 11.4 Å². The highest BCUT2D eigenvalue weighted by Gasteiger charge is 2.07. The van der Waals surface area contributed by atoms with E-state index in [2.05, 4.69) is 15.2 Å². The van der Waals surface area contributed by atoms with Crippen LogP contribution in [-0.2, 0) is 0 Å². The molecule has 1 aromatic rings. The first-order valence-corrected chi connectivity index (χ1v) is 5.38. The Kier molecular flexibility index (Phi) is 4.53. The fourth-order valence-corrected chi connectivity index (χ4v) is 1.55. The number of nitrogens with one attached hydrogen (secondary N) is 1. The van der Waals surface area contributed by atoms with Gasteiger partial charge >= 0.3 is 0 Å². The zero-order valence-corrected chi connectivity index (χ0v) is 10.5. The zero-order chi connectivity index (χ0) is 12.1. The molecule has 1 aromatic heterocycles. The van der Waals surface area contributed by atoms with Crippen molar-refractivity contribution in [2.75, 3.05) is 32.5 Å². The van der Waals surface area contributed by atoms with E-state index in [0.717, 1.165) is 18.7 Å². The summed E-state index contributed by atoms with van der Waals surface area (Å²) in [5.74, 6) is 0.711. The molecule has 86 valence electrons. The van der Waals surface area contributed by atoms with E-state index in [1.54, 1.807) is 0 Å². The van der Waals surface area contributed by atoms with Crippen LogP contribution in [0.1, 0.15) is 11.1 Å². The van der Waals surface area contributed by atoms with Crippen LogP contribution in [0.15, 0.2) is 6.07 Å². The molecule has 0 aliphatic rings. The number of aryl methyl sites for hydroxylation is 1. The van der Waals surface area contributed by atoms with Gasteiger partial charge in [-0.3, -0.25) is 0 Å². The van der Waals surface area contributed by atoms with Crippen LogP contribution in [0.2, 0.25) is 5.15 Å². The molecule has 0 unspecified atom stereocenters. The molecule has 0 aliphatic carbocycles. The van der Waals surface area contributed by atoms with Gasteiger partial charge in [-0.1, -0.05) is 11.6 Å². The molecule has 0 atom stereocenters. The predicted molar refractivity (Wildman–Crippen MR) is 65.7 cm³/mol. The average Bonchev–Trinajstić information content (AvgIpc) is 2.16. The standard InChI is InChI=1S/C11H15ClN4/c1-8-6-10(14-4-5-16(2)3)15-11(12)9(8)7-13/h6H,4-5H2,1-3H3,(H,14,15). The minimum absolute atomic E-state index is 0.259. The first kappa shape index (κ1) is 12.8. The molecule has 0 aromatic carbocycles. The van der Waals surface area contributed by atoms with Gasteiger partial charge in [-0.15, -0.1) is 0 Å². The number of rotatable bonds is 4. The third kappa shape index (κ3) is 3.37. The van der Waals surface area contributed by atoms with Gasteiger partial charge in [0.05, 0.1) is 5.56 Å². The Labute approximate surface area is 101 Å². The highest BCUT2D eigenvalue weighted by Crippen LogP contribution is 2.19. The number of nitrogens with zero attached hydrogens (tertiary/aromatic N) is 3. The molecular formula is C11H15ClN4. The van der Waals surface area contributed by atoms with Crippen molar-refractivity contribution in [3.8, 4) is 6.07 Å². The summed E-state index contributed by atoms with van der Waals surface area (Å²) >= 11 is 5.89. The van der Waals surface area contributed by atoms with Gasteiger partial charge in [-0.05, 0) is 32.6 Å². The smallest absolute Gasteiger partial charge is 0.149 e. The van der Waals surface area contributed by atoms with Gasteiger partial charge in [-0.25, -0.2) is 4.98 Å². The van der Waals surface area contributed by atoms with E-state index < -0.39 is 0 Å². The summed E-state index contributed by atoms with van der Waals surface area (Å²) in [7, 11) is 4.01. The van der Waals surface area contributed by atoms with Gasteiger partial charge in [0.25, 0.3) is 0 Å². The minimum Gasteiger partial charge on any atom is -0.369 e. The normalized spacial score (nSPS) is 10.2. The summed E-state index contributed by atoms with van der Waals surface area (Å²) < 4.78 is 0. The molecular weight excluding hydrogens is 224 g/mol. The van der Waals surface area contributed by atoms with Crippen LogP contribution in [-0.4, -0.2) is 37.1 Å². The van der Waals surface area contributed by atoms with E-state index in [4.69, 9.17) is 16.9 Å². The highest BCUT2D eigenvalue weighted by molar-refractivity contribution is 6.30. The van der Waals surface area contributed by atoms with Crippen LogP contribution in [0, 0.1) is 18.3 Å². The topological polar surface area (TPSA) is 52.0 Å². The first-order chi connectivity index (χ1) is 7.54. The van der Waals surface area contributed by atoms with Crippen LogP contribution < -0.4 is 5.32 Å². The van der Waals surface area contributed by atoms with Crippen molar-refractivity contribution < 1.29 is 0 Å². The number of hydrogen-bond acceptors (Lipinski definition) is 4. The largest absolute Gasteiger partial charge is 0.369 e. The van der Waals surface area contributed by atoms with Crippen molar-refractivity contribution >= 4 is 17.4 Å². The third-order valence-electron chi connectivity index (χ3n) is 2.15. The van der Waals surface area contributed by atoms with E-state index in [1.165, 1.54) is 0 Å². The minimum atomic E-state index is 0.259. The fraction of sp³-hybridized carbons (Fsp3) is 0.455. The maximum Gasteiger partial charge on any atom is 0.149 e. The van der Waals surface area contributed by atoms with Crippen LogP contribution in [0.4, 0.5) is 5.82 Å². The number of aromatic nitrogens is 1. The van der Waals surface area contributed by atoms with Gasteiger partial charge in [0.15, 0.2) is 0 Å². The molecule has 0 saturated heterocycles. The molecule has 1 rings (SSSR count). The highest BCUT2D eigenvalue weighted by atomic mass is 35.5. The molecule has 1 heterocycles. The van der Waals surface area contributed by atoms with Crippen LogP contribution in [0.5, 0.6) is 0 Å². The van der Waals surface area contributed by atoms with Gasteiger partial charge < -0.3 is 10.2 Å². The molecule has 1 N–H and O–H groups in total. The quantitative estimate of drug-likeness (QED) is 0.814. The Balaban J connectivity index is 2.73. The Morgan fingerprint density at radius 1 is 1.56 bits per heavy atom. The summed E-state index contributed by atoms with van der Waals surface area (Å²) in [5.41, 5.74) is 1.29. The number of anilines is 1. The number of hydrogen-bond donors (Lipinski definition) is 1. The SMILES string of the molecule is Cc1cc(NCCN(C)C)nc(Cl)c1C#N. The second-order valence-corrected chi connectivity index (χ2v) is 4.19. The lowest BCUT2D eigenvalue weighted by Gasteiger charge is -2.11. The first-order valence-electron chi connectivity index (χ1n) is 5.00. The molecule has 0 saturated carbocycles. The molecule has 0 aliphatic heterocycles. The second kappa shape index (κ2) is 5.69. The van der Waals surface area contributed by atoms with Gasteiger partial charge in [0, 0.05) is 13.1 Å². The summed E-state index contributed by atoms with van der Waals surface area (Å²) in [6.07, 6.45) is 0. The van der Waals surface area contributed by atoms with Crippen molar-refractivity contribution in [2.45, 2.75) is 6.92 Å². The monoisotopic (exact) mass is 238 g/mol. The van der Waals surface area contributed by atoms with Crippen molar-refractivity contribution in [3.63, 3.8) is 0 Å². The molecule has 0 fully saturated rings. The number of pyridine rings is 1. The summed E-state index contributed by atoms with van der Waals surface area (Å²) in [4.78, 5) is 6.19. The lowest BCUT2D eigenvalue weighted by atomic mass is 10.2. The fourth-order valence-electron chi connectivity index (χ4n) is 1.27. The molecule has 0 bridgehead atoms. The van der Waals surface area contributed by atoms with E-state index >= 15 is 0 Å². The lowest BCUT2D eigenvalue weighted by Crippen LogP contribution is -2.21. The number of nitriles is 1. The Hall–Kier alpha value is -1.31. The van der Waals surface area contributed by atoms with Crippen molar-refractivity contribution in [1.82, 2.24) is 9.88 Å². The summed E-state index contributed by atoms with van der Waals surface area (Å²) in [5, 5.41) is 12.3. The Morgan fingerprint density at radius 3 is 2.75 bits per heavy atom. The summed E-state index contributed by atoms with van der Waals surface area (Å²) in [6, 6.07) is 3.87. The number of likely N-dealkylation sites (N-methyl/N-ethyl adjacent to an activating group) is 1. The maximum absolute atomic E-state index is 8.84. The van der Waals surface area contributed by atoms with Crippen LogP contribution in [0.3, 0.4) is 0 Å². The average molecular weight is 239 g/mol. The third-order valence-corrected chi connectivity index (χ3v) is 2.42. The van der Waals surface area contributed by atoms with Crippen molar-refractivity contribution in [2.24, 2.45) is 0 Å². The summed E-state index contributed by atoms with van der Waals surface area (Å²) in [6.45, 7) is 3.56.